The van der Waals surface area contributed by atoms with Crippen molar-refractivity contribution in [3.8, 4) is 11.5 Å². The standard InChI is InChI=1S/C26H18BrF9N2O4/c1-38(22(40)13-6-8-37-9-7-13)18-5-3-4-15(21(18)41-2)19(39)12-16-17(27)10-14(11-20(16)42-23(28)29)24(30,25(31,32)33)26(34,35)36/h3-11,23H,12H2,1-2H3. The van der Waals surface area contributed by atoms with E-state index in [0.29, 0.717) is 0 Å². The molecule has 0 aliphatic carbocycles. The summed E-state index contributed by atoms with van der Waals surface area (Å²) in [5.41, 5.74) is -8.57. The van der Waals surface area contributed by atoms with Crippen molar-refractivity contribution in [2.45, 2.75) is 31.1 Å². The predicted molar refractivity (Wildman–Crippen MR) is 134 cm³/mol. The van der Waals surface area contributed by atoms with Crippen LogP contribution in [-0.4, -0.2) is 49.8 Å². The van der Waals surface area contributed by atoms with Crippen LogP contribution in [0.2, 0.25) is 0 Å². The van der Waals surface area contributed by atoms with Crippen LogP contribution in [0.15, 0.2) is 59.3 Å². The number of Topliss-reactive ketones (excluding diaryl/α,β-unsaturated/α-hetero) is 1. The number of ether oxygens (including phenoxy) is 2. The van der Waals surface area contributed by atoms with Crippen LogP contribution in [0, 0.1) is 0 Å². The van der Waals surface area contributed by atoms with Gasteiger partial charge in [0, 0.05) is 47.0 Å². The quantitative estimate of drug-likeness (QED) is 0.175. The third-order valence-electron chi connectivity index (χ3n) is 5.98. The molecule has 0 saturated carbocycles. The number of para-hydroxylation sites is 1. The zero-order valence-corrected chi connectivity index (χ0v) is 22.9. The maximum atomic E-state index is 14.7. The molecule has 1 aromatic heterocycles. The Balaban J connectivity index is 2.09. The molecule has 0 N–H and O–H groups in total. The molecule has 0 unspecified atom stereocenters. The first-order valence-corrected chi connectivity index (χ1v) is 12.2. The normalized spacial score (nSPS) is 12.3. The Hall–Kier alpha value is -3.82. The van der Waals surface area contributed by atoms with Crippen LogP contribution in [0.25, 0.3) is 0 Å². The fourth-order valence-electron chi connectivity index (χ4n) is 3.95. The molecule has 0 saturated heterocycles. The van der Waals surface area contributed by atoms with Gasteiger partial charge in [0.25, 0.3) is 5.91 Å². The van der Waals surface area contributed by atoms with Crippen LogP contribution < -0.4 is 14.4 Å². The molecule has 6 nitrogen and oxygen atoms in total. The van der Waals surface area contributed by atoms with Crippen molar-refractivity contribution in [3.63, 3.8) is 0 Å². The zero-order chi connectivity index (χ0) is 31.6. The number of alkyl halides is 9. The van der Waals surface area contributed by atoms with Gasteiger partial charge in [-0.25, -0.2) is 4.39 Å². The van der Waals surface area contributed by atoms with Gasteiger partial charge >= 0.3 is 24.6 Å². The highest BCUT2D eigenvalue weighted by Crippen LogP contribution is 2.54. The Labute approximate surface area is 240 Å². The molecular formula is C26H18BrF9N2O4. The van der Waals surface area contributed by atoms with E-state index in [4.69, 9.17) is 4.74 Å². The first kappa shape index (κ1) is 32.7. The van der Waals surface area contributed by atoms with E-state index in [1.165, 1.54) is 49.8 Å². The van der Waals surface area contributed by atoms with Gasteiger partial charge in [-0.1, -0.05) is 22.0 Å². The minimum absolute atomic E-state index is 0.0801. The number of carbonyl (C=O) groups is 2. The van der Waals surface area contributed by atoms with E-state index in [0.717, 1.165) is 12.0 Å². The second kappa shape index (κ2) is 12.2. The number of ketones is 1. The molecule has 0 aliphatic heterocycles. The Kier molecular flexibility index (Phi) is 9.49. The van der Waals surface area contributed by atoms with Crippen molar-refractivity contribution < 1.29 is 58.6 Å². The van der Waals surface area contributed by atoms with E-state index in [1.54, 1.807) is 0 Å². The number of hydrogen-bond donors (Lipinski definition) is 0. The number of anilines is 1. The van der Waals surface area contributed by atoms with Crippen molar-refractivity contribution in [2.75, 3.05) is 19.1 Å². The molecule has 0 aliphatic rings. The summed E-state index contributed by atoms with van der Waals surface area (Å²) in [5, 5.41) is 0. The molecule has 42 heavy (non-hydrogen) atoms. The predicted octanol–water partition coefficient (Wildman–Crippen LogP) is 7.45. The molecule has 0 atom stereocenters. The van der Waals surface area contributed by atoms with Crippen LogP contribution in [0.3, 0.4) is 0 Å². The van der Waals surface area contributed by atoms with E-state index in [1.807, 2.05) is 0 Å². The lowest BCUT2D eigenvalue weighted by Gasteiger charge is -2.31. The fraction of sp³-hybridized carbons (Fsp3) is 0.269. The minimum Gasteiger partial charge on any atom is -0.494 e. The summed E-state index contributed by atoms with van der Waals surface area (Å²) in [7, 11) is 2.52. The number of carbonyl (C=O) groups excluding carboxylic acids is 2. The van der Waals surface area contributed by atoms with Crippen molar-refractivity contribution in [1.82, 2.24) is 4.98 Å². The fourth-order valence-corrected chi connectivity index (χ4v) is 4.53. The Morgan fingerprint density at radius 1 is 0.976 bits per heavy atom. The summed E-state index contributed by atoms with van der Waals surface area (Å²) in [6, 6.07) is 6.74. The second-order valence-corrected chi connectivity index (χ2v) is 9.38. The number of nitrogens with zero attached hydrogens (tertiary/aromatic N) is 2. The number of benzene rings is 2. The van der Waals surface area contributed by atoms with E-state index in [-0.39, 0.29) is 34.7 Å². The van der Waals surface area contributed by atoms with E-state index in [9.17, 15) is 49.1 Å². The maximum Gasteiger partial charge on any atom is 0.435 e. The highest BCUT2D eigenvalue weighted by atomic mass is 79.9. The third kappa shape index (κ3) is 6.32. The van der Waals surface area contributed by atoms with Crippen molar-refractivity contribution in [2.24, 2.45) is 0 Å². The van der Waals surface area contributed by atoms with Crippen LogP contribution in [0.1, 0.15) is 31.8 Å². The number of methoxy groups -OCH3 is 1. The van der Waals surface area contributed by atoms with Crippen LogP contribution >= 0.6 is 15.9 Å². The summed E-state index contributed by atoms with van der Waals surface area (Å²) in [4.78, 5) is 31.2. The molecule has 3 aromatic rings. The molecule has 0 bridgehead atoms. The Morgan fingerprint density at radius 2 is 1.57 bits per heavy atom. The smallest absolute Gasteiger partial charge is 0.435 e. The molecule has 1 amide bonds. The summed E-state index contributed by atoms with van der Waals surface area (Å²) in [5.74, 6) is -2.92. The number of amides is 1. The molecule has 0 fully saturated rings. The van der Waals surface area contributed by atoms with Gasteiger partial charge in [-0.05, 0) is 36.4 Å². The molecule has 2 aromatic carbocycles. The summed E-state index contributed by atoms with van der Waals surface area (Å²) >= 11 is 2.67. The molecule has 1 heterocycles. The lowest BCUT2D eigenvalue weighted by Crippen LogP contribution is -2.50. The molecular weight excluding hydrogens is 655 g/mol. The van der Waals surface area contributed by atoms with Gasteiger partial charge in [0.1, 0.15) is 5.75 Å². The number of aromatic nitrogens is 1. The van der Waals surface area contributed by atoms with Crippen molar-refractivity contribution >= 4 is 33.3 Å². The molecule has 226 valence electrons. The van der Waals surface area contributed by atoms with Gasteiger partial charge in [-0.2, -0.15) is 35.1 Å². The highest BCUT2D eigenvalue weighted by molar-refractivity contribution is 9.10. The second-order valence-electron chi connectivity index (χ2n) is 8.53. The van der Waals surface area contributed by atoms with Crippen LogP contribution in [0.5, 0.6) is 11.5 Å². The lowest BCUT2D eigenvalue weighted by molar-refractivity contribution is -0.348. The molecule has 16 heteroatoms. The number of rotatable bonds is 9. The third-order valence-corrected chi connectivity index (χ3v) is 6.69. The summed E-state index contributed by atoms with van der Waals surface area (Å²) in [6.45, 7) is -3.77. The van der Waals surface area contributed by atoms with Gasteiger partial charge in [-0.3, -0.25) is 14.6 Å². The van der Waals surface area contributed by atoms with Crippen molar-refractivity contribution in [3.05, 3.63) is 81.6 Å². The molecule has 3 rings (SSSR count). The van der Waals surface area contributed by atoms with Gasteiger partial charge in [0.2, 0.25) is 0 Å². The summed E-state index contributed by atoms with van der Waals surface area (Å²) in [6.07, 6.45) is -11.2. The monoisotopic (exact) mass is 672 g/mol. The lowest BCUT2D eigenvalue weighted by atomic mass is 9.91. The largest absolute Gasteiger partial charge is 0.494 e. The number of hydrogen-bond acceptors (Lipinski definition) is 5. The molecule has 0 spiro atoms. The van der Waals surface area contributed by atoms with Gasteiger partial charge in [-0.15, -0.1) is 0 Å². The average molecular weight is 673 g/mol. The Bertz CT molecular complexity index is 1450. The van der Waals surface area contributed by atoms with Crippen LogP contribution in [0.4, 0.5) is 45.2 Å². The first-order chi connectivity index (χ1) is 19.4. The average Bonchev–Trinajstić information content (AvgIpc) is 2.91. The summed E-state index contributed by atoms with van der Waals surface area (Å²) < 4.78 is 129. The number of halogens is 10. The Morgan fingerprint density at radius 3 is 2.10 bits per heavy atom. The maximum absolute atomic E-state index is 14.7. The van der Waals surface area contributed by atoms with Crippen molar-refractivity contribution in [1.29, 1.82) is 0 Å². The number of pyridine rings is 1. The van der Waals surface area contributed by atoms with Crippen LogP contribution in [-0.2, 0) is 12.1 Å². The van der Waals surface area contributed by atoms with Gasteiger partial charge in [0.05, 0.1) is 18.4 Å². The van der Waals surface area contributed by atoms with E-state index >= 15 is 0 Å². The van der Waals surface area contributed by atoms with E-state index in [2.05, 4.69) is 25.7 Å². The topological polar surface area (TPSA) is 68.7 Å². The van der Waals surface area contributed by atoms with E-state index < -0.39 is 64.1 Å². The highest BCUT2D eigenvalue weighted by Gasteiger charge is 2.73. The SMILES string of the molecule is COc1c(C(=O)Cc2c(Br)cc(C(F)(C(F)(F)F)C(F)(F)F)cc2OC(F)F)cccc1N(C)C(=O)c1ccncc1. The minimum atomic E-state index is -6.53. The molecule has 0 radical (unpaired) electrons. The first-order valence-electron chi connectivity index (χ1n) is 11.4. The zero-order valence-electron chi connectivity index (χ0n) is 21.3. The van der Waals surface area contributed by atoms with Gasteiger partial charge < -0.3 is 14.4 Å². The van der Waals surface area contributed by atoms with Gasteiger partial charge in [0.15, 0.2) is 11.5 Å².